The molecule has 2 aromatic heterocycles. The zero-order chi connectivity index (χ0) is 10.1. The van der Waals surface area contributed by atoms with Crippen LogP contribution < -0.4 is 4.90 Å². The van der Waals surface area contributed by atoms with E-state index in [9.17, 15) is 0 Å². The Labute approximate surface area is 81.4 Å². The average molecular weight is 193 g/mol. The monoisotopic (exact) mass is 193 g/mol. The molecule has 2 rings (SSSR count). The molecule has 0 saturated heterocycles. The van der Waals surface area contributed by atoms with Gasteiger partial charge in [-0.2, -0.15) is 0 Å². The highest BCUT2D eigenvalue weighted by Gasteiger charge is 2.12. The Morgan fingerprint density at radius 2 is 1.43 bits per heavy atom. The number of aryl methyl sites for hydroxylation is 2. The Morgan fingerprint density at radius 3 is 1.71 bits per heavy atom. The van der Waals surface area contributed by atoms with Gasteiger partial charge >= 0.3 is 0 Å². The van der Waals surface area contributed by atoms with E-state index in [1.165, 1.54) is 0 Å². The summed E-state index contributed by atoms with van der Waals surface area (Å²) in [6.07, 6.45) is 3.29. The highest BCUT2D eigenvalue weighted by Crippen LogP contribution is 2.24. The lowest BCUT2D eigenvalue weighted by Crippen LogP contribution is -2.06. The normalized spacial score (nSPS) is 10.5. The molecule has 5 nitrogen and oxygen atoms in total. The maximum absolute atomic E-state index is 5.34. The molecule has 2 heterocycles. The highest BCUT2D eigenvalue weighted by atomic mass is 16.4. The van der Waals surface area contributed by atoms with E-state index >= 15 is 0 Å². The molecular weight excluding hydrogens is 182 g/mol. The van der Waals surface area contributed by atoms with Gasteiger partial charge in [0.15, 0.2) is 11.8 Å². The summed E-state index contributed by atoms with van der Waals surface area (Å²) in [7, 11) is 1.83. The van der Waals surface area contributed by atoms with Crippen molar-refractivity contribution in [3.05, 3.63) is 24.2 Å². The van der Waals surface area contributed by atoms with Crippen molar-refractivity contribution in [2.45, 2.75) is 13.8 Å². The van der Waals surface area contributed by atoms with Crippen molar-refractivity contribution in [3.63, 3.8) is 0 Å². The van der Waals surface area contributed by atoms with Gasteiger partial charge in [-0.15, -0.1) is 0 Å². The summed E-state index contributed by atoms with van der Waals surface area (Å²) in [5.41, 5.74) is 0. The van der Waals surface area contributed by atoms with Gasteiger partial charge in [-0.05, 0) is 0 Å². The zero-order valence-electron chi connectivity index (χ0n) is 8.31. The Morgan fingerprint density at radius 1 is 1.00 bits per heavy atom. The summed E-state index contributed by atoms with van der Waals surface area (Å²) in [4.78, 5) is 9.75. The van der Waals surface area contributed by atoms with Gasteiger partial charge in [-0.25, -0.2) is 9.97 Å². The van der Waals surface area contributed by atoms with Crippen LogP contribution in [0.25, 0.3) is 0 Å². The number of hydrogen-bond donors (Lipinski definition) is 0. The molecule has 0 atom stereocenters. The van der Waals surface area contributed by atoms with Crippen molar-refractivity contribution in [1.29, 1.82) is 0 Å². The Kier molecular flexibility index (Phi) is 1.99. The van der Waals surface area contributed by atoms with Gasteiger partial charge < -0.3 is 8.83 Å². The Balaban J connectivity index is 2.28. The summed E-state index contributed by atoms with van der Waals surface area (Å²) in [6, 6.07) is 0. The quantitative estimate of drug-likeness (QED) is 0.730. The summed E-state index contributed by atoms with van der Waals surface area (Å²) < 4.78 is 10.7. The van der Waals surface area contributed by atoms with Crippen molar-refractivity contribution >= 4 is 11.8 Å². The van der Waals surface area contributed by atoms with E-state index in [0.29, 0.717) is 23.5 Å². The predicted octanol–water partition coefficient (Wildman–Crippen LogP) is 2.05. The van der Waals surface area contributed by atoms with Crippen LogP contribution in [-0.4, -0.2) is 17.0 Å². The van der Waals surface area contributed by atoms with Gasteiger partial charge in [0, 0.05) is 20.9 Å². The predicted molar refractivity (Wildman–Crippen MR) is 50.5 cm³/mol. The van der Waals surface area contributed by atoms with Crippen LogP contribution in [0.3, 0.4) is 0 Å². The summed E-state index contributed by atoms with van der Waals surface area (Å²) in [6.45, 7) is 3.59. The van der Waals surface area contributed by atoms with Crippen LogP contribution in [0, 0.1) is 13.8 Å². The summed E-state index contributed by atoms with van der Waals surface area (Å²) >= 11 is 0. The van der Waals surface area contributed by atoms with Crippen LogP contribution in [0.1, 0.15) is 11.8 Å². The number of rotatable bonds is 2. The van der Waals surface area contributed by atoms with E-state index in [1.807, 2.05) is 7.05 Å². The van der Waals surface area contributed by atoms with Crippen LogP contribution in [0.2, 0.25) is 0 Å². The molecule has 74 valence electrons. The first-order valence-corrected chi connectivity index (χ1v) is 4.25. The third-order valence-electron chi connectivity index (χ3n) is 1.88. The minimum absolute atomic E-state index is 0.628. The van der Waals surface area contributed by atoms with Gasteiger partial charge in [0.1, 0.15) is 0 Å². The third-order valence-corrected chi connectivity index (χ3v) is 1.88. The third kappa shape index (κ3) is 1.48. The maximum atomic E-state index is 5.34. The largest absolute Gasteiger partial charge is 0.425 e. The molecule has 0 aliphatic carbocycles. The molecule has 14 heavy (non-hydrogen) atoms. The lowest BCUT2D eigenvalue weighted by molar-refractivity contribution is 0.495. The number of anilines is 2. The van der Waals surface area contributed by atoms with Crippen LogP contribution >= 0.6 is 0 Å². The second kappa shape index (κ2) is 3.17. The van der Waals surface area contributed by atoms with Crippen LogP contribution in [-0.2, 0) is 0 Å². The van der Waals surface area contributed by atoms with Gasteiger partial charge in [-0.1, -0.05) is 0 Å². The molecule has 0 bridgehead atoms. The van der Waals surface area contributed by atoms with Gasteiger partial charge in [-0.3, -0.25) is 4.90 Å². The lowest BCUT2D eigenvalue weighted by Gasteiger charge is -2.09. The van der Waals surface area contributed by atoms with Crippen molar-refractivity contribution in [2.24, 2.45) is 0 Å². The molecule has 0 unspecified atom stereocenters. The number of nitrogens with zero attached hydrogens (tertiary/aromatic N) is 3. The molecule has 0 fully saturated rings. The van der Waals surface area contributed by atoms with Crippen LogP contribution in [0.15, 0.2) is 21.2 Å². The van der Waals surface area contributed by atoms with Crippen LogP contribution in [0.5, 0.6) is 0 Å². The van der Waals surface area contributed by atoms with Gasteiger partial charge in [0.25, 0.3) is 0 Å². The second-order valence-electron chi connectivity index (χ2n) is 2.99. The number of aromatic nitrogens is 2. The molecule has 0 radical (unpaired) electrons. The molecular formula is C9H11N3O2. The molecule has 0 aliphatic rings. The van der Waals surface area contributed by atoms with E-state index in [4.69, 9.17) is 8.83 Å². The van der Waals surface area contributed by atoms with Crippen molar-refractivity contribution in [1.82, 2.24) is 9.97 Å². The first kappa shape index (κ1) is 8.80. The van der Waals surface area contributed by atoms with Crippen molar-refractivity contribution in [3.8, 4) is 0 Å². The Bertz CT molecular complexity index is 392. The maximum Gasteiger partial charge on any atom is 0.222 e. The fraction of sp³-hybridized carbons (Fsp3) is 0.333. The first-order chi connectivity index (χ1) is 6.66. The topological polar surface area (TPSA) is 55.3 Å². The molecule has 5 heteroatoms. The van der Waals surface area contributed by atoms with E-state index in [0.717, 1.165) is 0 Å². The average Bonchev–Trinajstić information content (AvgIpc) is 2.73. The lowest BCUT2D eigenvalue weighted by atomic mass is 10.6. The SMILES string of the molecule is Cc1ncc(N(C)c2cnc(C)o2)o1. The standard InChI is InChI=1S/C9H11N3O2/c1-6-10-4-8(13-6)12(3)9-5-11-7(2)14-9/h4-5H,1-3H3. The fourth-order valence-electron chi connectivity index (χ4n) is 1.12. The van der Waals surface area contributed by atoms with Crippen molar-refractivity contribution in [2.75, 3.05) is 11.9 Å². The smallest absolute Gasteiger partial charge is 0.222 e. The van der Waals surface area contributed by atoms with E-state index in [2.05, 4.69) is 9.97 Å². The van der Waals surface area contributed by atoms with E-state index < -0.39 is 0 Å². The summed E-state index contributed by atoms with van der Waals surface area (Å²) in [5.74, 6) is 2.53. The summed E-state index contributed by atoms with van der Waals surface area (Å²) in [5, 5.41) is 0. The second-order valence-corrected chi connectivity index (χ2v) is 2.99. The fourth-order valence-corrected chi connectivity index (χ4v) is 1.12. The van der Waals surface area contributed by atoms with E-state index in [-0.39, 0.29) is 0 Å². The molecule has 2 aromatic rings. The minimum Gasteiger partial charge on any atom is -0.425 e. The van der Waals surface area contributed by atoms with Gasteiger partial charge in [0.2, 0.25) is 11.8 Å². The van der Waals surface area contributed by atoms with Crippen molar-refractivity contribution < 1.29 is 8.83 Å². The van der Waals surface area contributed by atoms with Crippen LogP contribution in [0.4, 0.5) is 11.8 Å². The Hall–Kier alpha value is -1.78. The molecule has 0 saturated carbocycles. The highest BCUT2D eigenvalue weighted by molar-refractivity contribution is 5.49. The molecule has 0 amide bonds. The minimum atomic E-state index is 0.628. The van der Waals surface area contributed by atoms with Gasteiger partial charge in [0.05, 0.1) is 12.4 Å². The molecule has 0 N–H and O–H groups in total. The molecule has 0 spiro atoms. The molecule has 0 aliphatic heterocycles. The number of hydrogen-bond acceptors (Lipinski definition) is 5. The van der Waals surface area contributed by atoms with E-state index in [1.54, 1.807) is 31.1 Å². The molecule has 0 aromatic carbocycles. The number of oxazole rings is 2. The zero-order valence-corrected chi connectivity index (χ0v) is 8.31. The first-order valence-electron chi connectivity index (χ1n) is 4.25.